The predicted octanol–water partition coefficient (Wildman–Crippen LogP) is 3.91. The number of nitrogens with zero attached hydrogens (tertiary/aromatic N) is 3. The molecule has 138 valence electrons. The van der Waals surface area contributed by atoms with Crippen LogP contribution >= 0.6 is 0 Å². The maximum Gasteiger partial charge on any atom is 0.163 e. The summed E-state index contributed by atoms with van der Waals surface area (Å²) in [5.41, 5.74) is 5.12. The molecule has 1 aliphatic heterocycles. The number of ketones is 1. The van der Waals surface area contributed by atoms with Crippen LogP contribution in [0.1, 0.15) is 22.8 Å². The fraction of sp³-hybridized carbons (Fsp3) is 0.273. The summed E-state index contributed by atoms with van der Waals surface area (Å²) < 4.78 is 0. The average Bonchev–Trinajstić information content (AvgIpc) is 3.07. The number of pyridine rings is 1. The van der Waals surface area contributed by atoms with Crippen LogP contribution < -0.4 is 9.80 Å². The third kappa shape index (κ3) is 3.33. The summed E-state index contributed by atoms with van der Waals surface area (Å²) in [5.74, 6) is 1.05. The van der Waals surface area contributed by atoms with E-state index in [1.165, 1.54) is 5.69 Å². The predicted molar refractivity (Wildman–Crippen MR) is 110 cm³/mol. The Labute approximate surface area is 159 Å². The third-order valence-corrected chi connectivity index (χ3v) is 5.27. The Hall–Kier alpha value is -3.08. The third-order valence-electron chi connectivity index (χ3n) is 5.27. The molecule has 5 heteroatoms. The molecule has 1 fully saturated rings. The lowest BCUT2D eigenvalue weighted by Crippen LogP contribution is -2.47. The smallest absolute Gasteiger partial charge is 0.163 e. The Kier molecular flexibility index (Phi) is 4.67. The molecule has 0 bridgehead atoms. The molecule has 4 rings (SSSR count). The average molecular weight is 360 g/mol. The van der Waals surface area contributed by atoms with Crippen molar-refractivity contribution >= 4 is 17.3 Å². The quantitative estimate of drug-likeness (QED) is 0.717. The van der Waals surface area contributed by atoms with Crippen LogP contribution in [-0.2, 0) is 0 Å². The summed E-state index contributed by atoms with van der Waals surface area (Å²) >= 11 is 0. The van der Waals surface area contributed by atoms with Gasteiger partial charge in [0.05, 0.1) is 11.3 Å². The number of para-hydroxylation sites is 1. The van der Waals surface area contributed by atoms with Crippen LogP contribution in [0.2, 0.25) is 0 Å². The van der Waals surface area contributed by atoms with E-state index in [9.17, 15) is 4.79 Å². The van der Waals surface area contributed by atoms with Gasteiger partial charge < -0.3 is 14.8 Å². The number of H-pyrrole nitrogens is 1. The molecule has 0 atom stereocenters. The minimum Gasteiger partial charge on any atom is -0.368 e. The van der Waals surface area contributed by atoms with Gasteiger partial charge in [-0.25, -0.2) is 0 Å². The molecule has 0 saturated carbocycles. The van der Waals surface area contributed by atoms with Crippen LogP contribution in [0.5, 0.6) is 0 Å². The maximum absolute atomic E-state index is 12.4. The van der Waals surface area contributed by atoms with Gasteiger partial charge in [-0.3, -0.25) is 9.78 Å². The number of hydrogen-bond acceptors (Lipinski definition) is 4. The van der Waals surface area contributed by atoms with E-state index in [1.54, 1.807) is 19.3 Å². The molecule has 0 amide bonds. The molecular formula is C22H24N4O. The molecule has 1 saturated heterocycles. The van der Waals surface area contributed by atoms with Gasteiger partial charge in [-0.15, -0.1) is 0 Å². The highest BCUT2D eigenvalue weighted by atomic mass is 16.1. The summed E-state index contributed by atoms with van der Waals surface area (Å²) in [4.78, 5) is 24.7. The van der Waals surface area contributed by atoms with Crippen LogP contribution in [0.15, 0.2) is 54.9 Å². The number of carbonyl (C=O) groups excluding carboxylic acids is 1. The van der Waals surface area contributed by atoms with Gasteiger partial charge in [0.15, 0.2) is 5.78 Å². The fourth-order valence-corrected chi connectivity index (χ4v) is 3.88. The highest BCUT2D eigenvalue weighted by Crippen LogP contribution is 2.33. The number of carbonyl (C=O) groups is 1. The Bertz CT molecular complexity index is 926. The maximum atomic E-state index is 12.4. The lowest BCUT2D eigenvalue weighted by Gasteiger charge is -2.37. The second kappa shape index (κ2) is 7.27. The lowest BCUT2D eigenvalue weighted by atomic mass is 10.0. The molecule has 1 aromatic carbocycles. The summed E-state index contributed by atoms with van der Waals surface area (Å²) in [6.07, 6.45) is 3.56. The van der Waals surface area contributed by atoms with Gasteiger partial charge in [0.25, 0.3) is 0 Å². The van der Waals surface area contributed by atoms with Crippen molar-refractivity contribution in [3.05, 3.63) is 66.0 Å². The van der Waals surface area contributed by atoms with Gasteiger partial charge in [-0.2, -0.15) is 0 Å². The summed E-state index contributed by atoms with van der Waals surface area (Å²) in [6, 6.07) is 14.4. The SMILES string of the molecule is CC(=O)c1c(N2CCN(c3ccccc3)CC2)[nH]c(-c2ccncc2)c1C. The van der Waals surface area contributed by atoms with Crippen LogP contribution in [0.3, 0.4) is 0 Å². The first-order valence-corrected chi connectivity index (χ1v) is 9.34. The van der Waals surface area contributed by atoms with E-state index in [-0.39, 0.29) is 5.78 Å². The number of rotatable bonds is 4. The molecule has 2 aromatic heterocycles. The number of Topliss-reactive ketones (excluding diaryl/α,β-unsaturated/α-hetero) is 1. The van der Waals surface area contributed by atoms with Gasteiger partial charge >= 0.3 is 0 Å². The van der Waals surface area contributed by atoms with Crippen molar-refractivity contribution in [2.45, 2.75) is 13.8 Å². The normalized spacial score (nSPS) is 14.4. The zero-order valence-corrected chi connectivity index (χ0v) is 15.8. The Morgan fingerprint density at radius 2 is 1.59 bits per heavy atom. The lowest BCUT2D eigenvalue weighted by molar-refractivity contribution is 0.101. The molecule has 3 heterocycles. The highest BCUT2D eigenvalue weighted by molar-refractivity contribution is 6.02. The van der Waals surface area contributed by atoms with Crippen molar-refractivity contribution in [2.75, 3.05) is 36.0 Å². The monoisotopic (exact) mass is 360 g/mol. The van der Waals surface area contributed by atoms with Crippen LogP contribution in [0.4, 0.5) is 11.5 Å². The minimum atomic E-state index is 0.101. The number of aromatic nitrogens is 2. The first-order chi connectivity index (χ1) is 13.1. The Balaban J connectivity index is 1.62. The summed E-state index contributed by atoms with van der Waals surface area (Å²) in [7, 11) is 0. The van der Waals surface area contributed by atoms with Crippen LogP contribution in [-0.4, -0.2) is 41.9 Å². The van der Waals surface area contributed by atoms with Crippen molar-refractivity contribution in [1.82, 2.24) is 9.97 Å². The van der Waals surface area contributed by atoms with Crippen LogP contribution in [0.25, 0.3) is 11.3 Å². The molecule has 3 aromatic rings. The zero-order chi connectivity index (χ0) is 18.8. The minimum absolute atomic E-state index is 0.101. The van der Waals surface area contributed by atoms with E-state index in [0.29, 0.717) is 0 Å². The molecule has 1 N–H and O–H groups in total. The number of hydrogen-bond donors (Lipinski definition) is 1. The first-order valence-electron chi connectivity index (χ1n) is 9.34. The van der Waals surface area contributed by atoms with E-state index in [2.05, 4.69) is 44.0 Å². The highest BCUT2D eigenvalue weighted by Gasteiger charge is 2.25. The Morgan fingerprint density at radius 1 is 0.963 bits per heavy atom. The molecule has 0 spiro atoms. The van der Waals surface area contributed by atoms with E-state index in [1.807, 2.05) is 25.1 Å². The molecule has 0 unspecified atom stereocenters. The Morgan fingerprint density at radius 3 is 2.22 bits per heavy atom. The first kappa shape index (κ1) is 17.3. The van der Waals surface area contributed by atoms with Gasteiger partial charge in [-0.05, 0) is 43.7 Å². The molecule has 5 nitrogen and oxygen atoms in total. The largest absolute Gasteiger partial charge is 0.368 e. The van der Waals surface area contributed by atoms with E-state index in [4.69, 9.17) is 0 Å². The van der Waals surface area contributed by atoms with E-state index >= 15 is 0 Å². The van der Waals surface area contributed by atoms with Gasteiger partial charge in [0.2, 0.25) is 0 Å². The number of nitrogens with one attached hydrogen (secondary N) is 1. The molecule has 0 aliphatic carbocycles. The van der Waals surface area contributed by atoms with Crippen molar-refractivity contribution in [1.29, 1.82) is 0 Å². The van der Waals surface area contributed by atoms with Gasteiger partial charge in [0, 0.05) is 49.8 Å². The van der Waals surface area contributed by atoms with Crippen LogP contribution in [0, 0.1) is 6.92 Å². The molecule has 27 heavy (non-hydrogen) atoms. The summed E-state index contributed by atoms with van der Waals surface area (Å²) in [5, 5.41) is 0. The summed E-state index contributed by atoms with van der Waals surface area (Å²) in [6.45, 7) is 7.30. The second-order valence-electron chi connectivity index (χ2n) is 6.95. The second-order valence-corrected chi connectivity index (χ2v) is 6.95. The van der Waals surface area contributed by atoms with Crippen molar-refractivity contribution in [3.8, 4) is 11.3 Å². The zero-order valence-electron chi connectivity index (χ0n) is 15.8. The van der Waals surface area contributed by atoms with Crippen molar-refractivity contribution in [2.24, 2.45) is 0 Å². The van der Waals surface area contributed by atoms with Gasteiger partial charge in [0.1, 0.15) is 5.82 Å². The fourth-order valence-electron chi connectivity index (χ4n) is 3.88. The topological polar surface area (TPSA) is 52.2 Å². The van der Waals surface area contributed by atoms with Crippen molar-refractivity contribution < 1.29 is 4.79 Å². The van der Waals surface area contributed by atoms with Gasteiger partial charge in [-0.1, -0.05) is 18.2 Å². The standard InChI is InChI=1S/C22H24N4O/c1-16-20(17(2)27)22(24-21(16)18-8-10-23-11-9-18)26-14-12-25(13-15-26)19-6-4-3-5-7-19/h3-11,24H,12-15H2,1-2H3. The van der Waals surface area contributed by atoms with Crippen molar-refractivity contribution in [3.63, 3.8) is 0 Å². The number of benzene rings is 1. The number of anilines is 2. The van der Waals surface area contributed by atoms with E-state index < -0.39 is 0 Å². The van der Waals surface area contributed by atoms with E-state index in [0.717, 1.165) is 54.4 Å². The molecule has 0 radical (unpaired) electrons. The molecule has 1 aliphatic rings. The number of aromatic amines is 1. The number of piperazine rings is 1. The molecular weight excluding hydrogens is 336 g/mol.